The van der Waals surface area contributed by atoms with Crippen molar-refractivity contribution in [3.05, 3.63) is 93.3 Å². The molecular weight excluding hydrogens is 446 g/mol. The van der Waals surface area contributed by atoms with E-state index >= 15 is 0 Å². The van der Waals surface area contributed by atoms with Gasteiger partial charge in [-0.3, -0.25) is 14.2 Å². The summed E-state index contributed by atoms with van der Waals surface area (Å²) in [5.74, 6) is 0.592. The Kier molecular flexibility index (Phi) is 5.81. The van der Waals surface area contributed by atoms with Crippen LogP contribution in [-0.2, 0) is 17.9 Å². The highest BCUT2D eigenvalue weighted by Gasteiger charge is 2.18. The standard InChI is InChI=1S/C23H20BrN3O3/c1-16-4-7-18(8-5-16)27(14-19-3-2-12-30-19)22(28)10-11-26-15-25-21-9-6-17(24)13-20(21)23(26)29/h2-9,12-13,15H,10-11,14H2,1H3. The van der Waals surface area contributed by atoms with Crippen LogP contribution in [0.2, 0.25) is 0 Å². The molecular formula is C23H20BrN3O3. The van der Waals surface area contributed by atoms with Crippen LogP contribution in [0.4, 0.5) is 5.69 Å². The van der Waals surface area contributed by atoms with E-state index in [2.05, 4.69) is 20.9 Å². The fourth-order valence-corrected chi connectivity index (χ4v) is 3.61. The Morgan fingerprint density at radius 3 is 2.70 bits per heavy atom. The van der Waals surface area contributed by atoms with Gasteiger partial charge in [0.15, 0.2) is 0 Å². The number of aryl methyl sites for hydroxylation is 2. The van der Waals surface area contributed by atoms with E-state index in [9.17, 15) is 9.59 Å². The number of benzene rings is 2. The van der Waals surface area contributed by atoms with Crippen molar-refractivity contribution in [2.24, 2.45) is 0 Å². The predicted octanol–water partition coefficient (Wildman–Crippen LogP) is 4.68. The van der Waals surface area contributed by atoms with Crippen LogP contribution in [0, 0.1) is 6.92 Å². The van der Waals surface area contributed by atoms with Crippen molar-refractivity contribution in [1.29, 1.82) is 0 Å². The third kappa shape index (κ3) is 4.36. The van der Waals surface area contributed by atoms with Crippen molar-refractivity contribution in [3.63, 3.8) is 0 Å². The van der Waals surface area contributed by atoms with Gasteiger partial charge in [0.05, 0.1) is 30.0 Å². The molecule has 6 nitrogen and oxygen atoms in total. The Balaban J connectivity index is 1.56. The fourth-order valence-electron chi connectivity index (χ4n) is 3.25. The van der Waals surface area contributed by atoms with Gasteiger partial charge in [-0.05, 0) is 49.4 Å². The molecule has 2 heterocycles. The maximum absolute atomic E-state index is 13.1. The number of hydrogen-bond acceptors (Lipinski definition) is 4. The summed E-state index contributed by atoms with van der Waals surface area (Å²) in [6.07, 6.45) is 3.25. The molecule has 152 valence electrons. The van der Waals surface area contributed by atoms with Gasteiger partial charge in [-0.15, -0.1) is 0 Å². The van der Waals surface area contributed by atoms with E-state index in [-0.39, 0.29) is 24.4 Å². The molecule has 0 aliphatic carbocycles. The summed E-state index contributed by atoms with van der Waals surface area (Å²) in [6.45, 7) is 2.57. The average Bonchev–Trinajstić information content (AvgIpc) is 3.26. The molecule has 0 N–H and O–H groups in total. The van der Waals surface area contributed by atoms with Gasteiger partial charge < -0.3 is 9.32 Å². The minimum atomic E-state index is -0.165. The molecule has 30 heavy (non-hydrogen) atoms. The van der Waals surface area contributed by atoms with Crippen molar-refractivity contribution in [3.8, 4) is 0 Å². The van der Waals surface area contributed by atoms with E-state index in [0.717, 1.165) is 15.7 Å². The first-order valence-corrected chi connectivity index (χ1v) is 10.3. The first-order valence-electron chi connectivity index (χ1n) is 9.55. The van der Waals surface area contributed by atoms with Crippen molar-refractivity contribution < 1.29 is 9.21 Å². The van der Waals surface area contributed by atoms with Gasteiger partial charge in [0.25, 0.3) is 5.56 Å². The van der Waals surface area contributed by atoms with Gasteiger partial charge in [0.1, 0.15) is 5.76 Å². The Bertz CT molecular complexity index is 1230. The maximum atomic E-state index is 13.1. The largest absolute Gasteiger partial charge is 0.467 e. The van der Waals surface area contributed by atoms with Crippen LogP contribution in [0.3, 0.4) is 0 Å². The Morgan fingerprint density at radius 1 is 1.17 bits per heavy atom. The molecule has 0 unspecified atom stereocenters. The summed E-state index contributed by atoms with van der Waals surface area (Å²) >= 11 is 3.39. The minimum Gasteiger partial charge on any atom is -0.467 e. The van der Waals surface area contributed by atoms with E-state index in [0.29, 0.717) is 23.2 Å². The summed E-state index contributed by atoms with van der Waals surface area (Å²) in [7, 11) is 0. The molecule has 0 atom stereocenters. The molecule has 1 amide bonds. The molecule has 0 saturated carbocycles. The van der Waals surface area contributed by atoms with Gasteiger partial charge in [0, 0.05) is 23.1 Å². The van der Waals surface area contributed by atoms with E-state index in [1.165, 1.54) is 10.9 Å². The molecule has 0 fully saturated rings. The van der Waals surface area contributed by atoms with Crippen LogP contribution in [-0.4, -0.2) is 15.5 Å². The monoisotopic (exact) mass is 465 g/mol. The number of fused-ring (bicyclic) bond motifs is 1. The third-order valence-electron chi connectivity index (χ3n) is 4.89. The molecule has 0 spiro atoms. The third-order valence-corrected chi connectivity index (χ3v) is 5.39. The summed E-state index contributed by atoms with van der Waals surface area (Å²) in [6, 6.07) is 16.8. The number of hydrogen-bond donors (Lipinski definition) is 0. The zero-order valence-electron chi connectivity index (χ0n) is 16.4. The molecule has 0 aliphatic rings. The Labute approximate surface area is 181 Å². The van der Waals surface area contributed by atoms with Crippen LogP contribution in [0.1, 0.15) is 17.7 Å². The van der Waals surface area contributed by atoms with Crippen molar-refractivity contribution in [2.75, 3.05) is 4.90 Å². The topological polar surface area (TPSA) is 68.3 Å². The van der Waals surface area contributed by atoms with E-state index in [1.807, 2.05) is 43.3 Å². The second kappa shape index (κ2) is 8.67. The van der Waals surface area contributed by atoms with Crippen molar-refractivity contribution in [2.45, 2.75) is 26.4 Å². The minimum absolute atomic E-state index is 0.100. The average molecular weight is 466 g/mol. The summed E-state index contributed by atoms with van der Waals surface area (Å²) in [5, 5.41) is 0.519. The first kappa shape index (κ1) is 20.1. The molecule has 0 saturated heterocycles. The quantitative estimate of drug-likeness (QED) is 0.414. The predicted molar refractivity (Wildman–Crippen MR) is 119 cm³/mol. The highest BCUT2D eigenvalue weighted by atomic mass is 79.9. The van der Waals surface area contributed by atoms with E-state index < -0.39 is 0 Å². The Morgan fingerprint density at radius 2 is 1.97 bits per heavy atom. The summed E-state index contributed by atoms with van der Waals surface area (Å²) in [5.41, 5.74) is 2.37. The molecule has 4 rings (SSSR count). The lowest BCUT2D eigenvalue weighted by Gasteiger charge is -2.22. The molecule has 7 heteroatoms. The molecule has 0 bridgehead atoms. The number of furan rings is 1. The lowest BCUT2D eigenvalue weighted by atomic mass is 10.2. The normalized spacial score (nSPS) is 11.0. The van der Waals surface area contributed by atoms with Crippen molar-refractivity contribution >= 4 is 38.4 Å². The lowest BCUT2D eigenvalue weighted by molar-refractivity contribution is -0.119. The number of nitrogens with zero attached hydrogens (tertiary/aromatic N) is 3. The van der Waals surface area contributed by atoms with Crippen LogP contribution in [0.15, 0.2) is 80.9 Å². The summed E-state index contributed by atoms with van der Waals surface area (Å²) < 4.78 is 7.73. The molecule has 4 aromatic rings. The number of carbonyl (C=O) groups is 1. The van der Waals surface area contributed by atoms with E-state index in [4.69, 9.17) is 4.42 Å². The van der Waals surface area contributed by atoms with Crippen LogP contribution in [0.25, 0.3) is 10.9 Å². The van der Waals surface area contributed by atoms with E-state index in [1.54, 1.807) is 29.4 Å². The second-order valence-corrected chi connectivity index (χ2v) is 7.97. The SMILES string of the molecule is Cc1ccc(N(Cc2ccco2)C(=O)CCn2cnc3ccc(Br)cc3c2=O)cc1. The Hall–Kier alpha value is -3.19. The van der Waals surface area contributed by atoms with Crippen LogP contribution < -0.4 is 10.5 Å². The van der Waals surface area contributed by atoms with Gasteiger partial charge in [-0.1, -0.05) is 33.6 Å². The highest BCUT2D eigenvalue weighted by Crippen LogP contribution is 2.20. The number of anilines is 1. The van der Waals surface area contributed by atoms with Crippen LogP contribution in [0.5, 0.6) is 0 Å². The number of aromatic nitrogens is 2. The number of rotatable bonds is 6. The molecule has 0 radical (unpaired) electrons. The lowest BCUT2D eigenvalue weighted by Crippen LogP contribution is -2.32. The first-order chi connectivity index (χ1) is 14.5. The van der Waals surface area contributed by atoms with Gasteiger partial charge in [-0.25, -0.2) is 4.98 Å². The second-order valence-electron chi connectivity index (χ2n) is 7.05. The van der Waals surface area contributed by atoms with Crippen molar-refractivity contribution in [1.82, 2.24) is 9.55 Å². The zero-order chi connectivity index (χ0) is 21.1. The maximum Gasteiger partial charge on any atom is 0.261 e. The van der Waals surface area contributed by atoms with Gasteiger partial charge in [-0.2, -0.15) is 0 Å². The fraction of sp³-hybridized carbons (Fsp3) is 0.174. The zero-order valence-corrected chi connectivity index (χ0v) is 18.0. The number of halogens is 1. The van der Waals surface area contributed by atoms with Gasteiger partial charge in [0.2, 0.25) is 5.91 Å². The van der Waals surface area contributed by atoms with Crippen LogP contribution >= 0.6 is 15.9 Å². The smallest absolute Gasteiger partial charge is 0.261 e. The molecule has 2 aromatic heterocycles. The number of carbonyl (C=O) groups excluding carboxylic acids is 1. The molecule has 0 aliphatic heterocycles. The molecule has 2 aromatic carbocycles. The number of amides is 1. The summed E-state index contributed by atoms with van der Waals surface area (Å²) in [4.78, 5) is 31.9. The highest BCUT2D eigenvalue weighted by molar-refractivity contribution is 9.10. The van der Waals surface area contributed by atoms with Gasteiger partial charge >= 0.3 is 0 Å².